The van der Waals surface area contributed by atoms with Crippen molar-refractivity contribution in [3.8, 4) is 5.75 Å². The maximum absolute atomic E-state index is 12.7. The second-order valence-electron chi connectivity index (χ2n) is 6.00. The number of aromatic nitrogens is 1. The van der Waals surface area contributed by atoms with Crippen molar-refractivity contribution in [2.75, 3.05) is 31.3 Å². The topological polar surface area (TPSA) is 75.0 Å². The summed E-state index contributed by atoms with van der Waals surface area (Å²) in [5.74, 6) is -0.778. The molecule has 1 aromatic rings. The molecular weight excluding hydrogens is 298 g/mol. The van der Waals surface area contributed by atoms with Gasteiger partial charge in [0.1, 0.15) is 6.17 Å². The van der Waals surface area contributed by atoms with Gasteiger partial charge in [-0.3, -0.25) is 19.3 Å². The molecule has 0 spiro atoms. The van der Waals surface area contributed by atoms with Crippen LogP contribution in [0.15, 0.2) is 17.1 Å². The molecule has 0 bridgehead atoms. The Morgan fingerprint density at radius 2 is 2.13 bits per heavy atom. The molecule has 126 valence electrons. The molecule has 0 aliphatic carbocycles. The van der Waals surface area contributed by atoms with E-state index in [1.165, 1.54) is 12.5 Å². The van der Waals surface area contributed by atoms with Gasteiger partial charge in [-0.05, 0) is 6.42 Å². The first-order chi connectivity index (χ1) is 11.1. The maximum atomic E-state index is 12.7. The molecule has 3 rings (SSSR count). The van der Waals surface area contributed by atoms with Gasteiger partial charge in [0, 0.05) is 25.4 Å². The number of carbonyl (C=O) groups is 1. The van der Waals surface area contributed by atoms with Gasteiger partial charge >= 0.3 is 0 Å². The van der Waals surface area contributed by atoms with Crippen molar-refractivity contribution in [2.45, 2.75) is 38.8 Å². The zero-order valence-corrected chi connectivity index (χ0v) is 13.4. The first-order valence-corrected chi connectivity index (χ1v) is 8.25. The lowest BCUT2D eigenvalue weighted by Crippen LogP contribution is -2.65. The van der Waals surface area contributed by atoms with E-state index in [1.807, 2.05) is 5.01 Å². The van der Waals surface area contributed by atoms with Crippen LogP contribution in [0.1, 0.15) is 43.1 Å². The monoisotopic (exact) mass is 321 g/mol. The number of unbranched alkanes of at least 4 members (excludes halogenated alkanes) is 3. The second-order valence-corrected chi connectivity index (χ2v) is 6.00. The highest BCUT2D eigenvalue weighted by Crippen LogP contribution is 2.25. The highest BCUT2D eigenvalue weighted by molar-refractivity contribution is 5.96. The van der Waals surface area contributed by atoms with E-state index in [0.717, 1.165) is 25.8 Å². The van der Waals surface area contributed by atoms with E-state index in [-0.39, 0.29) is 17.8 Å². The predicted octanol–water partition coefficient (Wildman–Crippen LogP) is 0.884. The Balaban J connectivity index is 1.95. The summed E-state index contributed by atoms with van der Waals surface area (Å²) in [4.78, 5) is 26.1. The van der Waals surface area contributed by atoms with Crippen LogP contribution in [0.25, 0.3) is 0 Å². The third kappa shape index (κ3) is 2.81. The summed E-state index contributed by atoms with van der Waals surface area (Å²) in [6.45, 7) is 4.29. The number of fused-ring (bicyclic) bond motifs is 2. The van der Waals surface area contributed by atoms with Crippen molar-refractivity contribution in [3.05, 3.63) is 28.2 Å². The van der Waals surface area contributed by atoms with Crippen molar-refractivity contribution >= 4 is 5.91 Å². The van der Waals surface area contributed by atoms with Crippen LogP contribution in [-0.2, 0) is 4.74 Å². The van der Waals surface area contributed by atoms with Crippen molar-refractivity contribution in [2.24, 2.45) is 0 Å². The molecule has 1 fully saturated rings. The Morgan fingerprint density at radius 1 is 1.30 bits per heavy atom. The fourth-order valence-corrected chi connectivity index (χ4v) is 3.24. The van der Waals surface area contributed by atoms with Crippen molar-refractivity contribution in [1.82, 2.24) is 9.58 Å². The lowest BCUT2D eigenvalue weighted by Gasteiger charge is -2.48. The van der Waals surface area contributed by atoms with Gasteiger partial charge in [-0.15, -0.1) is 0 Å². The molecule has 2 aliphatic rings. The molecule has 7 heteroatoms. The lowest BCUT2D eigenvalue weighted by molar-refractivity contribution is -0.0172. The fourth-order valence-electron chi connectivity index (χ4n) is 3.24. The zero-order chi connectivity index (χ0) is 16.4. The Labute approximate surface area is 135 Å². The summed E-state index contributed by atoms with van der Waals surface area (Å²) in [5.41, 5.74) is -0.464. The van der Waals surface area contributed by atoms with Crippen LogP contribution in [0.5, 0.6) is 5.75 Å². The Bertz CT molecular complexity index is 643. The molecule has 1 N–H and O–H groups in total. The largest absolute Gasteiger partial charge is 0.502 e. The number of nitrogens with zero attached hydrogens (tertiary/aromatic N) is 3. The summed E-state index contributed by atoms with van der Waals surface area (Å²) in [5, 5.41) is 12.1. The van der Waals surface area contributed by atoms with Crippen molar-refractivity contribution in [1.29, 1.82) is 0 Å². The first-order valence-electron chi connectivity index (χ1n) is 8.25. The van der Waals surface area contributed by atoms with Crippen molar-refractivity contribution < 1.29 is 14.6 Å². The van der Waals surface area contributed by atoms with E-state index in [0.29, 0.717) is 19.8 Å². The minimum atomic E-state index is -0.526. The van der Waals surface area contributed by atoms with Gasteiger partial charge in [0.2, 0.25) is 5.43 Å². The SMILES string of the molecule is CCCCCCN1[C@@H]2COCCN2C(=O)c2c(O)c(=O)ccn21. The average molecular weight is 321 g/mol. The standard InChI is InChI=1S/C16H23N3O4/c1-2-3-4-5-7-18-13-11-23-10-9-17(13)16(22)14-15(21)12(20)6-8-19(14)18/h6,8,13,21H,2-5,7,9-11H2,1H3/t13-/m1/s1. The number of morpholine rings is 1. The Hall–Kier alpha value is -2.02. The smallest absolute Gasteiger partial charge is 0.278 e. The van der Waals surface area contributed by atoms with Gasteiger partial charge < -0.3 is 14.7 Å². The third-order valence-corrected chi connectivity index (χ3v) is 4.48. The number of hydrogen-bond acceptors (Lipinski definition) is 5. The lowest BCUT2D eigenvalue weighted by atomic mass is 10.1. The molecule has 0 aromatic carbocycles. The minimum absolute atomic E-state index is 0.0612. The van der Waals surface area contributed by atoms with E-state index < -0.39 is 11.2 Å². The molecule has 2 aliphatic heterocycles. The number of pyridine rings is 1. The number of amides is 1. The Morgan fingerprint density at radius 3 is 2.91 bits per heavy atom. The summed E-state index contributed by atoms with van der Waals surface area (Å²) in [6, 6.07) is 1.30. The molecule has 23 heavy (non-hydrogen) atoms. The predicted molar refractivity (Wildman–Crippen MR) is 85.2 cm³/mol. The van der Waals surface area contributed by atoms with E-state index in [1.54, 1.807) is 15.8 Å². The van der Waals surface area contributed by atoms with Gasteiger partial charge in [-0.2, -0.15) is 0 Å². The highest BCUT2D eigenvalue weighted by atomic mass is 16.5. The third-order valence-electron chi connectivity index (χ3n) is 4.48. The number of hydrogen-bond donors (Lipinski definition) is 1. The van der Waals surface area contributed by atoms with Crippen LogP contribution in [0, 0.1) is 0 Å². The fraction of sp³-hybridized carbons (Fsp3) is 0.625. The molecule has 0 radical (unpaired) electrons. The van der Waals surface area contributed by atoms with Crippen LogP contribution in [0.4, 0.5) is 0 Å². The van der Waals surface area contributed by atoms with E-state index in [2.05, 4.69) is 6.92 Å². The quantitative estimate of drug-likeness (QED) is 0.815. The minimum Gasteiger partial charge on any atom is -0.502 e. The molecule has 0 saturated carbocycles. The summed E-state index contributed by atoms with van der Waals surface area (Å²) in [7, 11) is 0. The Kier molecular flexibility index (Phi) is 4.56. The summed E-state index contributed by atoms with van der Waals surface area (Å²) >= 11 is 0. The zero-order valence-electron chi connectivity index (χ0n) is 13.4. The van der Waals surface area contributed by atoms with Crippen LogP contribution >= 0.6 is 0 Å². The maximum Gasteiger partial charge on any atom is 0.278 e. The van der Waals surface area contributed by atoms with Crippen molar-refractivity contribution in [3.63, 3.8) is 0 Å². The summed E-state index contributed by atoms with van der Waals surface area (Å²) < 4.78 is 7.17. The normalized spacial score (nSPS) is 20.4. The molecule has 1 atom stereocenters. The van der Waals surface area contributed by atoms with Gasteiger partial charge in [0.15, 0.2) is 11.4 Å². The molecule has 3 heterocycles. The molecular formula is C16H23N3O4. The van der Waals surface area contributed by atoms with Crippen LogP contribution in [0.3, 0.4) is 0 Å². The highest BCUT2D eigenvalue weighted by Gasteiger charge is 2.40. The number of aromatic hydroxyl groups is 1. The van der Waals surface area contributed by atoms with Crippen LogP contribution in [-0.4, -0.2) is 53.1 Å². The molecule has 1 amide bonds. The van der Waals surface area contributed by atoms with Gasteiger partial charge in [-0.25, -0.2) is 0 Å². The number of rotatable bonds is 5. The molecule has 0 unspecified atom stereocenters. The van der Waals surface area contributed by atoms with E-state index >= 15 is 0 Å². The van der Waals surface area contributed by atoms with E-state index in [9.17, 15) is 14.7 Å². The average Bonchev–Trinajstić information content (AvgIpc) is 2.57. The van der Waals surface area contributed by atoms with E-state index in [4.69, 9.17) is 4.74 Å². The van der Waals surface area contributed by atoms with Gasteiger partial charge in [0.05, 0.1) is 13.2 Å². The molecule has 7 nitrogen and oxygen atoms in total. The van der Waals surface area contributed by atoms with Gasteiger partial charge in [-0.1, -0.05) is 26.2 Å². The number of carbonyl (C=O) groups excluding carboxylic acids is 1. The van der Waals surface area contributed by atoms with Gasteiger partial charge in [0.25, 0.3) is 5.91 Å². The number of ether oxygens (including phenoxy) is 1. The first kappa shape index (κ1) is 15.9. The molecule has 1 aromatic heterocycles. The van der Waals surface area contributed by atoms with Crippen LogP contribution in [0.2, 0.25) is 0 Å². The second kappa shape index (κ2) is 6.62. The molecule has 1 saturated heterocycles. The summed E-state index contributed by atoms with van der Waals surface area (Å²) in [6.07, 6.45) is 5.80. The van der Waals surface area contributed by atoms with Crippen LogP contribution < -0.4 is 10.4 Å².